The number of nitrogens with zero attached hydrogens (tertiary/aromatic N) is 2. The van der Waals surface area contributed by atoms with Crippen LogP contribution in [0.3, 0.4) is 0 Å². The first-order valence-electron chi connectivity index (χ1n) is 16.0. The van der Waals surface area contributed by atoms with E-state index in [9.17, 15) is 38.9 Å². The summed E-state index contributed by atoms with van der Waals surface area (Å²) in [5, 5.41) is 19.7. The van der Waals surface area contributed by atoms with Gasteiger partial charge >= 0.3 is 0 Å². The minimum atomic E-state index is -1.47. The molecule has 0 unspecified atom stereocenters. The Kier molecular flexibility index (Phi) is 13.2. The number of nitro groups is 1. The molecule has 0 aliphatic carbocycles. The summed E-state index contributed by atoms with van der Waals surface area (Å²) in [5.74, 6) is -3.26. The first-order chi connectivity index (χ1) is 21.5. The average Bonchev–Trinajstić information content (AvgIpc) is 3.04. The lowest BCUT2D eigenvalue weighted by atomic mass is 9.93. The fraction of sp³-hybridized carbons (Fsp3) is 0.625. The molecule has 2 heterocycles. The molecule has 13 heteroatoms. The van der Waals surface area contributed by atoms with Crippen molar-refractivity contribution in [2.24, 2.45) is 5.92 Å². The van der Waals surface area contributed by atoms with Gasteiger partial charge in [0.2, 0.25) is 23.6 Å². The SMILES string of the molecule is CCC(=O)CCCCC[C@@H]1NC(=O)[C@H]2CCCCN2C(=O)[C@H]([C@@H](C)CC)NC(=O)[C@H](CC(=O)c2ccccc2[N+](=O)[O-])NC1=O. The van der Waals surface area contributed by atoms with Gasteiger partial charge in [0.25, 0.3) is 5.69 Å². The summed E-state index contributed by atoms with van der Waals surface area (Å²) in [5.41, 5.74) is -0.647. The van der Waals surface area contributed by atoms with Gasteiger partial charge in [0, 0.05) is 31.9 Å². The lowest BCUT2D eigenvalue weighted by molar-refractivity contribution is -0.385. The molecular formula is C32H45N5O8. The molecule has 45 heavy (non-hydrogen) atoms. The van der Waals surface area contributed by atoms with Crippen molar-refractivity contribution >= 4 is 40.9 Å². The Balaban J connectivity index is 1.95. The van der Waals surface area contributed by atoms with Crippen LogP contribution in [-0.2, 0) is 24.0 Å². The van der Waals surface area contributed by atoms with Crippen molar-refractivity contribution in [1.29, 1.82) is 0 Å². The first-order valence-corrected chi connectivity index (χ1v) is 16.0. The fourth-order valence-electron chi connectivity index (χ4n) is 5.79. The molecule has 5 atom stereocenters. The van der Waals surface area contributed by atoms with Gasteiger partial charge in [-0.1, -0.05) is 52.2 Å². The summed E-state index contributed by atoms with van der Waals surface area (Å²) in [6, 6.07) is 0.984. The largest absolute Gasteiger partial charge is 0.343 e. The third-order valence-corrected chi connectivity index (χ3v) is 8.76. The standard InChI is InChI=1S/C32H45N5O8/c1-4-20(3)28-32(43)36-18-12-11-17-26(36)31(42)33-23(15-8-6-7-13-21(38)5-2)29(40)34-24(30(41)35-28)19-27(39)22-14-9-10-16-25(22)37(44)45/h9-10,14,16,20,23-24,26,28H,4-8,11-13,15,17-19H2,1-3H3,(H,33,42)(H,34,40)(H,35,41)/t20-,23-,24-,26+,28-/m0/s1. The molecular weight excluding hydrogens is 582 g/mol. The van der Waals surface area contributed by atoms with E-state index in [1.165, 1.54) is 29.2 Å². The topological polar surface area (TPSA) is 185 Å². The number of carbonyl (C=O) groups excluding carboxylic acids is 6. The van der Waals surface area contributed by atoms with Crippen molar-refractivity contribution < 1.29 is 33.7 Å². The number of amides is 4. The van der Waals surface area contributed by atoms with Crippen LogP contribution in [0.1, 0.15) is 102 Å². The van der Waals surface area contributed by atoms with E-state index >= 15 is 0 Å². The monoisotopic (exact) mass is 627 g/mol. The van der Waals surface area contributed by atoms with Crippen molar-refractivity contribution in [3.8, 4) is 0 Å². The van der Waals surface area contributed by atoms with Crippen molar-refractivity contribution in [3.63, 3.8) is 0 Å². The molecule has 3 rings (SSSR count). The molecule has 0 radical (unpaired) electrons. The zero-order valence-corrected chi connectivity index (χ0v) is 26.3. The maximum Gasteiger partial charge on any atom is 0.280 e. The number of nitrogens with one attached hydrogen (secondary N) is 3. The summed E-state index contributed by atoms with van der Waals surface area (Å²) >= 11 is 0. The molecule has 0 aromatic heterocycles. The molecule has 2 saturated heterocycles. The minimum absolute atomic E-state index is 0.141. The third kappa shape index (κ3) is 9.41. The maximum atomic E-state index is 13.9. The quantitative estimate of drug-likeness (QED) is 0.129. The number of unbranched alkanes of at least 4 members (excludes halogenated alkanes) is 2. The molecule has 2 fully saturated rings. The predicted octanol–water partition coefficient (Wildman–Crippen LogP) is 2.99. The Morgan fingerprint density at radius 3 is 2.33 bits per heavy atom. The zero-order chi connectivity index (χ0) is 33.1. The number of para-hydroxylation sites is 1. The van der Waals surface area contributed by atoms with Crippen molar-refractivity contribution in [1.82, 2.24) is 20.9 Å². The van der Waals surface area contributed by atoms with Gasteiger partial charge in [-0.25, -0.2) is 0 Å². The average molecular weight is 628 g/mol. The second-order valence-electron chi connectivity index (χ2n) is 11.9. The molecule has 0 spiro atoms. The zero-order valence-electron chi connectivity index (χ0n) is 26.3. The highest BCUT2D eigenvalue weighted by Crippen LogP contribution is 2.24. The number of rotatable bonds is 13. The summed E-state index contributed by atoms with van der Waals surface area (Å²) in [7, 11) is 0. The van der Waals surface area contributed by atoms with E-state index in [2.05, 4.69) is 16.0 Å². The van der Waals surface area contributed by atoms with Crippen LogP contribution in [-0.4, -0.2) is 75.7 Å². The van der Waals surface area contributed by atoms with Gasteiger partial charge in [-0.2, -0.15) is 0 Å². The number of benzene rings is 1. The van der Waals surface area contributed by atoms with Crippen molar-refractivity contribution in [2.75, 3.05) is 6.54 Å². The number of Topliss-reactive ketones (excluding diaryl/α,β-unsaturated/α-hetero) is 2. The summed E-state index contributed by atoms with van der Waals surface area (Å²) in [4.78, 5) is 92.3. The highest BCUT2D eigenvalue weighted by Gasteiger charge is 2.41. The molecule has 1 aromatic rings. The second-order valence-corrected chi connectivity index (χ2v) is 11.9. The van der Waals surface area contributed by atoms with Crippen molar-refractivity contribution in [2.45, 2.75) is 116 Å². The Morgan fingerprint density at radius 2 is 1.64 bits per heavy atom. The minimum Gasteiger partial charge on any atom is -0.343 e. The molecule has 4 amide bonds. The molecule has 3 N–H and O–H groups in total. The summed E-state index contributed by atoms with van der Waals surface area (Å²) < 4.78 is 0. The van der Waals surface area contributed by atoms with Crippen LogP contribution in [0.25, 0.3) is 0 Å². The number of hydrogen-bond donors (Lipinski definition) is 3. The molecule has 2 aliphatic heterocycles. The number of ketones is 2. The Hall–Kier alpha value is -4.16. The van der Waals surface area contributed by atoms with E-state index in [1.54, 1.807) is 13.8 Å². The van der Waals surface area contributed by atoms with Gasteiger partial charge in [0.1, 0.15) is 30.0 Å². The Labute approximate surface area is 263 Å². The van der Waals surface area contributed by atoms with Crippen molar-refractivity contribution in [3.05, 3.63) is 39.9 Å². The lowest BCUT2D eigenvalue weighted by Gasteiger charge is -2.39. The second kappa shape index (κ2) is 16.8. The maximum absolute atomic E-state index is 13.9. The molecule has 13 nitrogen and oxygen atoms in total. The normalized spacial score (nSPS) is 23.4. The summed E-state index contributed by atoms with van der Waals surface area (Å²) in [6.07, 6.45) is 4.60. The van der Waals surface area contributed by atoms with E-state index in [1.807, 2.05) is 6.92 Å². The van der Waals surface area contributed by atoms with Gasteiger partial charge in [-0.3, -0.25) is 38.9 Å². The van der Waals surface area contributed by atoms with E-state index in [4.69, 9.17) is 0 Å². The van der Waals surface area contributed by atoms with Gasteiger partial charge in [-0.05, 0) is 44.1 Å². The van der Waals surface area contributed by atoms with E-state index in [0.717, 1.165) is 6.42 Å². The highest BCUT2D eigenvalue weighted by atomic mass is 16.6. The lowest BCUT2D eigenvalue weighted by Crippen LogP contribution is -2.64. The van der Waals surface area contributed by atoms with Crippen LogP contribution in [0.4, 0.5) is 5.69 Å². The smallest absolute Gasteiger partial charge is 0.280 e. The van der Waals surface area contributed by atoms with Crippen LogP contribution in [0, 0.1) is 16.0 Å². The number of carbonyl (C=O) groups is 6. The number of nitro benzene ring substituents is 1. The Bertz CT molecular complexity index is 1280. The third-order valence-electron chi connectivity index (χ3n) is 8.76. The van der Waals surface area contributed by atoms with E-state index in [0.29, 0.717) is 57.9 Å². The molecule has 0 saturated carbocycles. The van der Waals surface area contributed by atoms with Crippen LogP contribution in [0.15, 0.2) is 24.3 Å². The van der Waals surface area contributed by atoms with Crippen LogP contribution < -0.4 is 16.0 Å². The number of hydrogen-bond acceptors (Lipinski definition) is 8. The van der Waals surface area contributed by atoms with Gasteiger partial charge < -0.3 is 20.9 Å². The molecule has 1 aromatic carbocycles. The molecule has 0 bridgehead atoms. The molecule has 246 valence electrons. The van der Waals surface area contributed by atoms with Gasteiger partial charge in [0.15, 0.2) is 5.78 Å². The van der Waals surface area contributed by atoms with E-state index < -0.39 is 70.6 Å². The van der Waals surface area contributed by atoms with Gasteiger partial charge in [0.05, 0.1) is 10.5 Å². The van der Waals surface area contributed by atoms with Crippen LogP contribution >= 0.6 is 0 Å². The van der Waals surface area contributed by atoms with Crippen LogP contribution in [0.2, 0.25) is 0 Å². The summed E-state index contributed by atoms with van der Waals surface area (Å²) in [6.45, 7) is 5.77. The Morgan fingerprint density at radius 1 is 0.956 bits per heavy atom. The predicted molar refractivity (Wildman–Crippen MR) is 165 cm³/mol. The van der Waals surface area contributed by atoms with Crippen LogP contribution in [0.5, 0.6) is 0 Å². The molecule has 2 aliphatic rings. The number of fused-ring (bicyclic) bond motifs is 1. The fourth-order valence-corrected chi connectivity index (χ4v) is 5.79. The van der Waals surface area contributed by atoms with E-state index in [-0.39, 0.29) is 23.7 Å². The van der Waals surface area contributed by atoms with Gasteiger partial charge in [-0.15, -0.1) is 0 Å². The highest BCUT2D eigenvalue weighted by molar-refractivity contribution is 6.04. The number of piperidine rings is 1. The first kappa shape index (κ1) is 35.3.